The normalized spacial score (nSPS) is 9.86. The van der Waals surface area contributed by atoms with Crippen molar-refractivity contribution in [3.05, 3.63) is 64.2 Å². The number of carbonyl (C=O) groups excluding carboxylic acids is 2. The molecule has 0 saturated heterocycles. The van der Waals surface area contributed by atoms with Gasteiger partial charge in [-0.25, -0.2) is 4.79 Å². The molecule has 7 nitrogen and oxygen atoms in total. The Hall–Kier alpha value is -3.22. The third kappa shape index (κ3) is 3.66. The maximum atomic E-state index is 12.0. The van der Waals surface area contributed by atoms with Crippen LogP contribution in [0.2, 0.25) is 0 Å². The molecule has 0 heterocycles. The van der Waals surface area contributed by atoms with Crippen LogP contribution in [0.4, 0.5) is 11.4 Å². The second kappa shape index (κ2) is 6.49. The first kappa shape index (κ1) is 15.2. The number of amides is 1. The number of para-hydroxylation sites is 2. The summed E-state index contributed by atoms with van der Waals surface area (Å²) in [4.78, 5) is 33.2. The molecule has 0 bridgehead atoms. The molecule has 0 saturated carbocycles. The molecule has 2 rings (SSSR count). The van der Waals surface area contributed by atoms with E-state index in [1.165, 1.54) is 37.3 Å². The number of non-ortho nitro benzene ring substituents is 1. The summed E-state index contributed by atoms with van der Waals surface area (Å²) < 4.78 is 5.21. The molecule has 112 valence electrons. The highest BCUT2D eigenvalue weighted by molar-refractivity contribution is 5.94. The van der Waals surface area contributed by atoms with Crippen molar-refractivity contribution < 1.29 is 19.2 Å². The number of esters is 1. The van der Waals surface area contributed by atoms with Gasteiger partial charge in [-0.3, -0.25) is 14.9 Å². The number of ether oxygens (including phenoxy) is 1. The summed E-state index contributed by atoms with van der Waals surface area (Å²) in [5.74, 6) is -0.771. The molecule has 0 aliphatic rings. The van der Waals surface area contributed by atoms with E-state index in [2.05, 4.69) is 5.32 Å². The summed E-state index contributed by atoms with van der Waals surface area (Å²) in [7, 11) is 0. The van der Waals surface area contributed by atoms with E-state index in [-0.39, 0.29) is 22.9 Å². The van der Waals surface area contributed by atoms with Crippen LogP contribution in [0.3, 0.4) is 0 Å². The smallest absolute Gasteiger partial charge is 0.343 e. The van der Waals surface area contributed by atoms with Gasteiger partial charge in [-0.2, -0.15) is 0 Å². The lowest BCUT2D eigenvalue weighted by Crippen LogP contribution is -2.12. The van der Waals surface area contributed by atoms with Gasteiger partial charge in [0.2, 0.25) is 5.91 Å². The minimum atomic E-state index is -0.673. The number of carbonyl (C=O) groups is 2. The first-order valence-corrected chi connectivity index (χ1v) is 6.30. The minimum Gasteiger partial charge on any atom is -0.421 e. The van der Waals surface area contributed by atoms with Crippen molar-refractivity contribution in [1.82, 2.24) is 0 Å². The lowest BCUT2D eigenvalue weighted by atomic mass is 10.2. The molecule has 1 N–H and O–H groups in total. The van der Waals surface area contributed by atoms with Crippen LogP contribution < -0.4 is 10.1 Å². The molecule has 0 spiro atoms. The molecule has 0 aromatic heterocycles. The third-order valence-electron chi connectivity index (χ3n) is 2.71. The summed E-state index contributed by atoms with van der Waals surface area (Å²) in [6.07, 6.45) is 0. The van der Waals surface area contributed by atoms with Crippen LogP contribution >= 0.6 is 0 Å². The number of anilines is 1. The average molecular weight is 300 g/mol. The molecule has 2 aromatic carbocycles. The summed E-state index contributed by atoms with van der Waals surface area (Å²) in [5.41, 5.74) is 0.420. The molecule has 22 heavy (non-hydrogen) atoms. The zero-order valence-electron chi connectivity index (χ0n) is 11.6. The Morgan fingerprint density at radius 2 is 1.73 bits per heavy atom. The van der Waals surface area contributed by atoms with Gasteiger partial charge in [-0.15, -0.1) is 0 Å². The van der Waals surface area contributed by atoms with Gasteiger partial charge in [-0.1, -0.05) is 12.1 Å². The fourth-order valence-electron chi connectivity index (χ4n) is 1.73. The van der Waals surface area contributed by atoms with Crippen LogP contribution in [0, 0.1) is 10.1 Å². The van der Waals surface area contributed by atoms with E-state index in [9.17, 15) is 19.7 Å². The van der Waals surface area contributed by atoms with E-state index < -0.39 is 10.9 Å². The lowest BCUT2D eigenvalue weighted by Gasteiger charge is -2.10. The van der Waals surface area contributed by atoms with Crippen molar-refractivity contribution in [2.75, 3.05) is 5.32 Å². The van der Waals surface area contributed by atoms with Gasteiger partial charge in [0.05, 0.1) is 16.2 Å². The van der Waals surface area contributed by atoms with Crippen molar-refractivity contribution in [2.24, 2.45) is 0 Å². The largest absolute Gasteiger partial charge is 0.421 e. The molecule has 0 radical (unpaired) electrons. The van der Waals surface area contributed by atoms with Crippen LogP contribution in [0.5, 0.6) is 5.75 Å². The SMILES string of the molecule is CC(=O)Nc1ccccc1OC(=O)c1ccc([N+](=O)[O-])cc1. The standard InChI is InChI=1S/C15H12N2O5/c1-10(18)16-13-4-2-3-5-14(13)22-15(19)11-6-8-12(9-7-11)17(20)21/h2-9H,1H3,(H,16,18). The van der Waals surface area contributed by atoms with Crippen LogP contribution in [0.1, 0.15) is 17.3 Å². The van der Waals surface area contributed by atoms with Crippen LogP contribution in [0.15, 0.2) is 48.5 Å². The Morgan fingerprint density at radius 3 is 2.32 bits per heavy atom. The molecule has 7 heteroatoms. The highest BCUT2D eigenvalue weighted by Gasteiger charge is 2.13. The van der Waals surface area contributed by atoms with Gasteiger partial charge < -0.3 is 10.1 Å². The molecular formula is C15H12N2O5. The minimum absolute atomic E-state index is 0.116. The number of nitro benzene ring substituents is 1. The monoisotopic (exact) mass is 300 g/mol. The second-order valence-electron chi connectivity index (χ2n) is 4.37. The van der Waals surface area contributed by atoms with Gasteiger partial charge in [-0.05, 0) is 24.3 Å². The summed E-state index contributed by atoms with van der Waals surface area (Å²) in [6, 6.07) is 11.5. The molecule has 0 unspecified atom stereocenters. The van der Waals surface area contributed by atoms with E-state index in [0.29, 0.717) is 5.69 Å². The Bertz CT molecular complexity index is 725. The number of hydrogen-bond donors (Lipinski definition) is 1. The van der Waals surface area contributed by atoms with Crippen molar-refractivity contribution in [2.45, 2.75) is 6.92 Å². The molecule has 0 aliphatic carbocycles. The zero-order valence-corrected chi connectivity index (χ0v) is 11.6. The number of benzene rings is 2. The Labute approximate surface area is 125 Å². The van der Waals surface area contributed by atoms with E-state index in [0.717, 1.165) is 0 Å². The molecule has 2 aromatic rings. The third-order valence-corrected chi connectivity index (χ3v) is 2.71. The fraction of sp³-hybridized carbons (Fsp3) is 0.0667. The Kier molecular flexibility index (Phi) is 4.47. The van der Waals surface area contributed by atoms with Gasteiger partial charge in [0.1, 0.15) is 0 Å². The predicted octanol–water partition coefficient (Wildman–Crippen LogP) is 2.77. The maximum absolute atomic E-state index is 12.0. The number of rotatable bonds is 4. The van der Waals surface area contributed by atoms with Crippen molar-refractivity contribution in [1.29, 1.82) is 0 Å². The first-order chi connectivity index (χ1) is 10.5. The van der Waals surface area contributed by atoms with E-state index in [1.54, 1.807) is 18.2 Å². The molecule has 0 atom stereocenters. The first-order valence-electron chi connectivity index (χ1n) is 6.30. The van der Waals surface area contributed by atoms with Gasteiger partial charge >= 0.3 is 5.97 Å². The van der Waals surface area contributed by atoms with Gasteiger partial charge in [0.25, 0.3) is 5.69 Å². The number of hydrogen-bond acceptors (Lipinski definition) is 5. The molecular weight excluding hydrogens is 288 g/mol. The summed E-state index contributed by atoms with van der Waals surface area (Å²) in [5, 5.41) is 13.1. The highest BCUT2D eigenvalue weighted by atomic mass is 16.6. The zero-order chi connectivity index (χ0) is 16.1. The number of nitrogens with one attached hydrogen (secondary N) is 1. The average Bonchev–Trinajstić information content (AvgIpc) is 2.48. The van der Waals surface area contributed by atoms with Crippen molar-refractivity contribution in [3.8, 4) is 5.75 Å². The van der Waals surface area contributed by atoms with E-state index in [1.807, 2.05) is 0 Å². The molecule has 0 aliphatic heterocycles. The van der Waals surface area contributed by atoms with E-state index in [4.69, 9.17) is 4.74 Å². The van der Waals surface area contributed by atoms with Gasteiger partial charge in [0, 0.05) is 19.1 Å². The molecule has 0 fully saturated rings. The molecule has 1 amide bonds. The Balaban J connectivity index is 2.18. The Morgan fingerprint density at radius 1 is 1.09 bits per heavy atom. The van der Waals surface area contributed by atoms with Crippen molar-refractivity contribution in [3.63, 3.8) is 0 Å². The highest BCUT2D eigenvalue weighted by Crippen LogP contribution is 2.25. The predicted molar refractivity (Wildman–Crippen MR) is 78.8 cm³/mol. The van der Waals surface area contributed by atoms with Crippen LogP contribution in [-0.4, -0.2) is 16.8 Å². The lowest BCUT2D eigenvalue weighted by molar-refractivity contribution is -0.384. The van der Waals surface area contributed by atoms with Crippen LogP contribution in [0.25, 0.3) is 0 Å². The summed E-state index contributed by atoms with van der Waals surface area (Å²) in [6.45, 7) is 1.34. The van der Waals surface area contributed by atoms with Gasteiger partial charge in [0.15, 0.2) is 5.75 Å². The van der Waals surface area contributed by atoms with Crippen molar-refractivity contribution >= 4 is 23.3 Å². The quantitative estimate of drug-likeness (QED) is 0.405. The fourth-order valence-corrected chi connectivity index (χ4v) is 1.73. The topological polar surface area (TPSA) is 98.5 Å². The summed E-state index contributed by atoms with van der Waals surface area (Å²) >= 11 is 0. The van der Waals surface area contributed by atoms with E-state index >= 15 is 0 Å². The maximum Gasteiger partial charge on any atom is 0.343 e. The second-order valence-corrected chi connectivity index (χ2v) is 4.37. The number of nitro groups is 1. The number of nitrogens with zero attached hydrogens (tertiary/aromatic N) is 1. The van der Waals surface area contributed by atoms with Crippen LogP contribution in [-0.2, 0) is 4.79 Å².